The fraction of sp³-hybridized carbons (Fsp3) is 0.270. The van der Waals surface area contributed by atoms with Gasteiger partial charge in [-0.2, -0.15) is 0 Å². The number of nitrogens with zero attached hydrogens (tertiary/aromatic N) is 1. The van der Waals surface area contributed by atoms with Gasteiger partial charge in [0.1, 0.15) is 28.5 Å². The molecule has 1 fully saturated rings. The molecule has 0 atom stereocenters. The molecule has 274 valence electrons. The molecule has 0 bridgehead atoms. The fourth-order valence-electron chi connectivity index (χ4n) is 4.40. The van der Waals surface area contributed by atoms with E-state index in [0.29, 0.717) is 57.9 Å². The zero-order valence-corrected chi connectivity index (χ0v) is 32.6. The van der Waals surface area contributed by atoms with Gasteiger partial charge < -0.3 is 30.5 Å². The molecule has 11 nitrogen and oxygen atoms in total. The van der Waals surface area contributed by atoms with Crippen LogP contribution in [0.25, 0.3) is 10.9 Å². The van der Waals surface area contributed by atoms with E-state index in [1.54, 1.807) is 54.7 Å². The molecule has 1 aromatic heterocycles. The van der Waals surface area contributed by atoms with Gasteiger partial charge in [-0.25, -0.2) is 4.39 Å². The van der Waals surface area contributed by atoms with Gasteiger partial charge in [0, 0.05) is 43.2 Å². The molecule has 0 aliphatic heterocycles. The quantitative estimate of drug-likeness (QED) is 0.0493. The van der Waals surface area contributed by atoms with Crippen LogP contribution in [0.2, 0.25) is 0 Å². The highest BCUT2D eigenvalue weighted by Gasteiger charge is 2.56. The number of hydrogen-bond donors (Lipinski definition) is 5. The zero-order valence-electron chi connectivity index (χ0n) is 29.5. The molecule has 4 N–H and O–H groups in total. The van der Waals surface area contributed by atoms with Crippen LogP contribution >= 0.6 is 31.0 Å². The number of carbonyl (C=O) groups excluding carboxylic acids is 4. The highest BCUT2D eigenvalue weighted by molar-refractivity contribution is 14.2. The standard InChI is InChI=1S/C29H25FN4O5.C5H8O.C2H6.CH4O.HIS/c1-31-26(35)22-15-21-23(16-25(22)38-2)32-14-11-24(21)39-20-9-7-19(8-10-20)34-28(37)29(12-13-29)27(36)33-18-5-3-17(30)4-6-18;1-3-4-5(2)6;3*1-2/h3-11,14-16H,12-13H2,1-2H3,(H,31,35)(H,33,36)(H,34,37);3-4H,1-2H3;1-2H3;2H,1H3;2H/b;4-3+;;;. The second-order valence-electron chi connectivity index (χ2n) is 10.2. The number of aliphatic hydroxyl groups excluding tert-OH is 1. The van der Waals surface area contributed by atoms with E-state index in [0.717, 1.165) is 7.11 Å². The average Bonchev–Trinajstić information content (AvgIpc) is 3.98. The first-order valence-corrected chi connectivity index (χ1v) is 18.9. The number of anilines is 2. The Hall–Kier alpha value is -4.54. The molecule has 1 aliphatic carbocycles. The lowest BCUT2D eigenvalue weighted by Crippen LogP contribution is -2.35. The summed E-state index contributed by atoms with van der Waals surface area (Å²) in [5.74, 6) is -0.0694. The summed E-state index contributed by atoms with van der Waals surface area (Å²) in [4.78, 5) is 52.4. The number of carbonyl (C=O) groups is 4. The average molecular weight is 835 g/mol. The van der Waals surface area contributed by atoms with E-state index >= 15 is 0 Å². The van der Waals surface area contributed by atoms with Gasteiger partial charge in [0.15, 0.2) is 5.78 Å². The summed E-state index contributed by atoms with van der Waals surface area (Å²) >= 11 is 1.84. The fourth-order valence-corrected chi connectivity index (χ4v) is 4.40. The third kappa shape index (κ3) is 12.9. The van der Waals surface area contributed by atoms with Crippen molar-refractivity contribution in [2.45, 2.75) is 40.5 Å². The molecule has 1 heterocycles. The highest BCUT2D eigenvalue weighted by Crippen LogP contribution is 2.47. The molecule has 0 radical (unpaired) electrons. The van der Waals surface area contributed by atoms with Crippen LogP contribution in [-0.4, -0.2) is 54.9 Å². The number of thiol groups is 1. The molecule has 4 aromatic rings. The van der Waals surface area contributed by atoms with Gasteiger partial charge in [-0.05, 0) is 115 Å². The molecule has 1 aliphatic rings. The van der Waals surface area contributed by atoms with Crippen molar-refractivity contribution in [1.29, 1.82) is 0 Å². The number of rotatable bonds is 9. The molecule has 0 spiro atoms. The Balaban J connectivity index is 0.000000958. The first-order chi connectivity index (χ1) is 24.6. The Labute approximate surface area is 315 Å². The van der Waals surface area contributed by atoms with E-state index in [1.807, 2.05) is 42.0 Å². The van der Waals surface area contributed by atoms with E-state index in [9.17, 15) is 23.6 Å². The Kier molecular flexibility index (Phi) is 20.1. The maximum absolute atomic E-state index is 13.1. The van der Waals surface area contributed by atoms with E-state index in [2.05, 4.69) is 30.7 Å². The topological polar surface area (TPSA) is 156 Å². The van der Waals surface area contributed by atoms with Gasteiger partial charge in [0.25, 0.3) is 5.91 Å². The van der Waals surface area contributed by atoms with Crippen LogP contribution in [0.5, 0.6) is 17.2 Å². The molecule has 3 amide bonds. The minimum absolute atomic E-state index is 0.109. The van der Waals surface area contributed by atoms with Gasteiger partial charge in [0.2, 0.25) is 11.8 Å². The third-order valence-corrected chi connectivity index (χ3v) is 6.96. The molecule has 3 aromatic carbocycles. The van der Waals surface area contributed by atoms with E-state index < -0.39 is 23.0 Å². The number of ether oxygens (including phenoxy) is 2. The van der Waals surface area contributed by atoms with Crippen molar-refractivity contribution in [3.05, 3.63) is 96.5 Å². The van der Waals surface area contributed by atoms with Crippen molar-refractivity contribution < 1.29 is 38.1 Å². The summed E-state index contributed by atoms with van der Waals surface area (Å²) in [6.45, 7) is 7.35. The number of fused-ring (bicyclic) bond motifs is 1. The van der Waals surface area contributed by atoms with Crippen molar-refractivity contribution >= 4 is 76.8 Å². The number of ketones is 1. The predicted molar refractivity (Wildman–Crippen MR) is 212 cm³/mol. The summed E-state index contributed by atoms with van der Waals surface area (Å²) in [7, 11) is 7.52. The molecule has 5 rings (SSSR count). The molecule has 0 saturated heterocycles. The summed E-state index contributed by atoms with van der Waals surface area (Å²) in [5.41, 5.74) is 0.699. The second-order valence-corrected chi connectivity index (χ2v) is 10.2. The molecular weight excluding hydrogens is 790 g/mol. The molecule has 14 heteroatoms. The van der Waals surface area contributed by atoms with Crippen LogP contribution < -0.4 is 25.4 Å². The Morgan fingerprint density at radius 1 is 0.902 bits per heavy atom. The third-order valence-electron chi connectivity index (χ3n) is 6.96. The van der Waals surface area contributed by atoms with Gasteiger partial charge in [0.05, 0.1) is 18.2 Å². The number of pyridine rings is 1. The molecule has 0 unspecified atom stereocenters. The number of hydrogen-bond acceptors (Lipinski definition) is 9. The van der Waals surface area contributed by atoms with Crippen LogP contribution in [0.4, 0.5) is 15.8 Å². The first-order valence-electron chi connectivity index (χ1n) is 15.7. The maximum atomic E-state index is 13.1. The van der Waals surface area contributed by atoms with Crippen molar-refractivity contribution in [2.75, 3.05) is 31.9 Å². The SMILES string of the molecule is C/C=C/C(C)=O.CC.CNC(=O)c1cc2c(Oc3ccc(NC(=O)C4(C(=O)Nc5ccc(F)cc5)CC4)cc3)ccnc2cc1OC.CO.SI. The summed E-state index contributed by atoms with van der Waals surface area (Å²) in [6.07, 6.45) is 5.69. The molecular formula is C37H44FIN4O7S. The summed E-state index contributed by atoms with van der Waals surface area (Å²) in [5, 5.41) is 15.7. The Morgan fingerprint density at radius 2 is 1.43 bits per heavy atom. The van der Waals surface area contributed by atoms with Crippen LogP contribution in [-0.2, 0) is 14.4 Å². The Morgan fingerprint density at radius 3 is 1.86 bits per heavy atom. The van der Waals surface area contributed by atoms with Gasteiger partial charge in [-0.1, -0.05) is 19.9 Å². The van der Waals surface area contributed by atoms with Crippen LogP contribution in [0.15, 0.2) is 85.1 Å². The number of aliphatic hydroxyl groups is 1. The normalized spacial score (nSPS) is 11.7. The molecule has 1 saturated carbocycles. The van der Waals surface area contributed by atoms with E-state index in [4.69, 9.17) is 14.6 Å². The van der Waals surface area contributed by atoms with Crippen LogP contribution in [0.3, 0.4) is 0 Å². The van der Waals surface area contributed by atoms with Crippen molar-refractivity contribution in [3.63, 3.8) is 0 Å². The van der Waals surface area contributed by atoms with Crippen molar-refractivity contribution in [3.8, 4) is 17.2 Å². The van der Waals surface area contributed by atoms with Crippen molar-refractivity contribution in [1.82, 2.24) is 10.3 Å². The minimum atomic E-state index is -1.16. The van der Waals surface area contributed by atoms with Crippen LogP contribution in [0, 0.1) is 11.2 Å². The largest absolute Gasteiger partial charge is 0.496 e. The number of benzene rings is 3. The maximum Gasteiger partial charge on any atom is 0.254 e. The Bertz CT molecular complexity index is 1770. The number of halogens is 2. The lowest BCUT2D eigenvalue weighted by Gasteiger charge is -2.16. The summed E-state index contributed by atoms with van der Waals surface area (Å²) in [6, 6.07) is 17.1. The first kappa shape index (κ1) is 44.5. The van der Waals surface area contributed by atoms with E-state index in [1.165, 1.54) is 51.4 Å². The number of allylic oxidation sites excluding steroid dienone is 2. The monoisotopic (exact) mass is 834 g/mol. The number of methoxy groups -OCH3 is 1. The van der Waals surface area contributed by atoms with Crippen LogP contribution in [0.1, 0.15) is 50.9 Å². The number of amides is 3. The number of aromatic nitrogens is 1. The van der Waals surface area contributed by atoms with Crippen molar-refractivity contribution in [2.24, 2.45) is 5.41 Å². The van der Waals surface area contributed by atoms with Gasteiger partial charge >= 0.3 is 0 Å². The predicted octanol–water partition coefficient (Wildman–Crippen LogP) is 7.94. The summed E-state index contributed by atoms with van der Waals surface area (Å²) < 4.78 is 24.6. The molecule has 51 heavy (non-hydrogen) atoms. The second kappa shape index (κ2) is 23.0. The highest BCUT2D eigenvalue weighted by atomic mass is 127. The lowest BCUT2D eigenvalue weighted by atomic mass is 10.0. The minimum Gasteiger partial charge on any atom is -0.496 e. The zero-order chi connectivity index (χ0) is 38.6. The lowest BCUT2D eigenvalue weighted by molar-refractivity contribution is -0.131. The van der Waals surface area contributed by atoms with E-state index in [-0.39, 0.29) is 11.7 Å². The van der Waals surface area contributed by atoms with Gasteiger partial charge in [-0.3, -0.25) is 24.2 Å². The van der Waals surface area contributed by atoms with Gasteiger partial charge in [-0.15, -0.1) is 9.80 Å². The number of nitrogens with one attached hydrogen (secondary N) is 3. The smallest absolute Gasteiger partial charge is 0.254 e.